The molecule has 0 spiro atoms. The Morgan fingerprint density at radius 2 is 2.40 bits per heavy atom. The minimum atomic E-state index is -0.374. The van der Waals surface area contributed by atoms with Gasteiger partial charge < -0.3 is 11.1 Å². The largest absolute Gasteiger partial charge is 0.344 e. The molecule has 0 aliphatic carbocycles. The Labute approximate surface area is 93.9 Å². The SMILES string of the molecule is CC(C)C(C)(CN)NC(=O)c1cscn1. The van der Waals surface area contributed by atoms with Crippen molar-refractivity contribution in [3.63, 3.8) is 0 Å². The van der Waals surface area contributed by atoms with Crippen LogP contribution in [0.3, 0.4) is 0 Å². The zero-order valence-corrected chi connectivity index (χ0v) is 10.1. The summed E-state index contributed by atoms with van der Waals surface area (Å²) < 4.78 is 0. The van der Waals surface area contributed by atoms with E-state index >= 15 is 0 Å². The average molecular weight is 227 g/mol. The first-order valence-electron chi connectivity index (χ1n) is 4.90. The summed E-state index contributed by atoms with van der Waals surface area (Å²) in [6, 6.07) is 0. The molecule has 0 radical (unpaired) electrons. The molecule has 0 fully saturated rings. The Hall–Kier alpha value is -0.940. The number of rotatable bonds is 4. The lowest BCUT2D eigenvalue weighted by atomic mass is 9.88. The fourth-order valence-corrected chi connectivity index (χ4v) is 1.61. The maximum absolute atomic E-state index is 11.8. The summed E-state index contributed by atoms with van der Waals surface area (Å²) in [5, 5.41) is 4.65. The molecule has 0 aromatic carbocycles. The predicted molar refractivity (Wildman–Crippen MR) is 61.9 cm³/mol. The number of hydrogen-bond acceptors (Lipinski definition) is 4. The van der Waals surface area contributed by atoms with Gasteiger partial charge in [0.2, 0.25) is 0 Å². The van der Waals surface area contributed by atoms with E-state index in [1.807, 2.05) is 20.8 Å². The maximum atomic E-state index is 11.8. The summed E-state index contributed by atoms with van der Waals surface area (Å²) in [6.07, 6.45) is 0. The fraction of sp³-hybridized carbons (Fsp3) is 0.600. The van der Waals surface area contributed by atoms with Gasteiger partial charge in [-0.15, -0.1) is 11.3 Å². The third-order valence-corrected chi connectivity index (χ3v) is 3.35. The number of hydrogen-bond donors (Lipinski definition) is 2. The minimum absolute atomic E-state index is 0.155. The van der Waals surface area contributed by atoms with E-state index in [1.165, 1.54) is 11.3 Å². The van der Waals surface area contributed by atoms with Gasteiger partial charge in [-0.3, -0.25) is 4.79 Å². The molecule has 0 aliphatic heterocycles. The first kappa shape index (κ1) is 12.1. The van der Waals surface area contributed by atoms with Crippen molar-refractivity contribution < 1.29 is 4.79 Å². The smallest absolute Gasteiger partial charge is 0.271 e. The second-order valence-electron chi connectivity index (χ2n) is 4.10. The van der Waals surface area contributed by atoms with Gasteiger partial charge in [0, 0.05) is 11.9 Å². The zero-order valence-electron chi connectivity index (χ0n) is 9.28. The molecule has 0 aliphatic rings. The van der Waals surface area contributed by atoms with Crippen molar-refractivity contribution in [2.75, 3.05) is 6.54 Å². The summed E-state index contributed by atoms with van der Waals surface area (Å²) in [7, 11) is 0. The number of aromatic nitrogens is 1. The molecular formula is C10H17N3OS. The molecule has 1 aromatic heterocycles. The monoisotopic (exact) mass is 227 g/mol. The summed E-state index contributed by atoms with van der Waals surface area (Å²) in [6.45, 7) is 6.44. The molecule has 1 aromatic rings. The molecule has 4 nitrogen and oxygen atoms in total. The van der Waals surface area contributed by atoms with Crippen molar-refractivity contribution in [2.24, 2.45) is 11.7 Å². The van der Waals surface area contributed by atoms with Crippen LogP contribution in [0.4, 0.5) is 0 Å². The maximum Gasteiger partial charge on any atom is 0.271 e. The highest BCUT2D eigenvalue weighted by molar-refractivity contribution is 7.07. The van der Waals surface area contributed by atoms with Gasteiger partial charge in [0.25, 0.3) is 5.91 Å². The van der Waals surface area contributed by atoms with Gasteiger partial charge in [0.15, 0.2) is 0 Å². The van der Waals surface area contributed by atoms with Crippen molar-refractivity contribution >= 4 is 17.2 Å². The Morgan fingerprint density at radius 1 is 1.73 bits per heavy atom. The van der Waals surface area contributed by atoms with Gasteiger partial charge in [-0.05, 0) is 12.8 Å². The summed E-state index contributed by atoms with van der Waals surface area (Å²) in [4.78, 5) is 15.7. The van der Waals surface area contributed by atoms with Gasteiger partial charge in [-0.2, -0.15) is 0 Å². The van der Waals surface area contributed by atoms with Gasteiger partial charge in [-0.25, -0.2) is 4.98 Å². The van der Waals surface area contributed by atoms with E-state index in [-0.39, 0.29) is 17.4 Å². The van der Waals surface area contributed by atoms with Crippen molar-refractivity contribution in [3.8, 4) is 0 Å². The molecule has 0 bridgehead atoms. The Morgan fingerprint density at radius 3 is 2.80 bits per heavy atom. The van der Waals surface area contributed by atoms with Gasteiger partial charge in [0.1, 0.15) is 5.69 Å². The fourth-order valence-electron chi connectivity index (χ4n) is 1.08. The number of nitrogens with two attached hydrogens (primary N) is 1. The third-order valence-electron chi connectivity index (χ3n) is 2.76. The van der Waals surface area contributed by atoms with Crippen LogP contribution in [-0.2, 0) is 0 Å². The number of carbonyl (C=O) groups excluding carboxylic acids is 1. The quantitative estimate of drug-likeness (QED) is 0.813. The molecule has 1 atom stereocenters. The van der Waals surface area contributed by atoms with Crippen LogP contribution in [0.25, 0.3) is 0 Å². The van der Waals surface area contributed by atoms with Crippen molar-refractivity contribution in [3.05, 3.63) is 16.6 Å². The molecule has 1 unspecified atom stereocenters. The topological polar surface area (TPSA) is 68.0 Å². The van der Waals surface area contributed by atoms with Crippen molar-refractivity contribution in [2.45, 2.75) is 26.3 Å². The molecule has 1 amide bonds. The standard InChI is InChI=1S/C10H17N3OS/c1-7(2)10(3,5-11)13-9(14)8-4-15-6-12-8/h4,6-7H,5,11H2,1-3H3,(H,13,14). The average Bonchev–Trinajstić information content (AvgIpc) is 2.70. The molecule has 0 saturated carbocycles. The van der Waals surface area contributed by atoms with E-state index in [2.05, 4.69) is 10.3 Å². The van der Waals surface area contributed by atoms with E-state index < -0.39 is 0 Å². The Balaban J connectivity index is 2.72. The number of nitrogens with one attached hydrogen (secondary N) is 1. The Kier molecular flexibility index (Phi) is 3.82. The highest BCUT2D eigenvalue weighted by atomic mass is 32.1. The van der Waals surface area contributed by atoms with Crippen molar-refractivity contribution in [1.82, 2.24) is 10.3 Å². The normalized spacial score (nSPS) is 15.0. The molecule has 0 saturated heterocycles. The summed E-state index contributed by atoms with van der Waals surface area (Å²) in [5.41, 5.74) is 7.40. The van der Waals surface area contributed by atoms with Gasteiger partial charge in [-0.1, -0.05) is 13.8 Å². The second kappa shape index (κ2) is 4.72. The molecular weight excluding hydrogens is 210 g/mol. The first-order valence-corrected chi connectivity index (χ1v) is 5.84. The highest BCUT2D eigenvalue weighted by Gasteiger charge is 2.29. The molecule has 15 heavy (non-hydrogen) atoms. The van der Waals surface area contributed by atoms with E-state index in [0.717, 1.165) is 0 Å². The lowest BCUT2D eigenvalue weighted by Crippen LogP contribution is -2.55. The van der Waals surface area contributed by atoms with Crippen LogP contribution in [0, 0.1) is 5.92 Å². The van der Waals surface area contributed by atoms with Crippen molar-refractivity contribution in [1.29, 1.82) is 0 Å². The molecule has 5 heteroatoms. The van der Waals surface area contributed by atoms with Crippen LogP contribution in [0.5, 0.6) is 0 Å². The van der Waals surface area contributed by atoms with Crippen LogP contribution >= 0.6 is 11.3 Å². The molecule has 84 valence electrons. The van der Waals surface area contributed by atoms with Gasteiger partial charge in [0.05, 0.1) is 11.0 Å². The van der Waals surface area contributed by atoms with Crippen LogP contribution in [0.1, 0.15) is 31.3 Å². The van der Waals surface area contributed by atoms with Crippen LogP contribution < -0.4 is 11.1 Å². The van der Waals surface area contributed by atoms with Gasteiger partial charge >= 0.3 is 0 Å². The van der Waals surface area contributed by atoms with E-state index in [4.69, 9.17) is 5.73 Å². The molecule has 3 N–H and O–H groups in total. The van der Waals surface area contributed by atoms with E-state index in [1.54, 1.807) is 10.9 Å². The first-order chi connectivity index (χ1) is 6.99. The number of carbonyl (C=O) groups is 1. The van der Waals surface area contributed by atoms with Crippen LogP contribution in [-0.4, -0.2) is 23.0 Å². The van der Waals surface area contributed by atoms with Crippen LogP contribution in [0.15, 0.2) is 10.9 Å². The lowest BCUT2D eigenvalue weighted by Gasteiger charge is -2.33. The number of nitrogens with zero attached hydrogens (tertiary/aromatic N) is 1. The molecule has 1 heterocycles. The summed E-state index contributed by atoms with van der Waals surface area (Å²) in [5.74, 6) is 0.128. The minimum Gasteiger partial charge on any atom is -0.344 e. The predicted octanol–water partition coefficient (Wildman–Crippen LogP) is 1.25. The van der Waals surface area contributed by atoms with E-state index in [0.29, 0.717) is 12.2 Å². The van der Waals surface area contributed by atoms with Crippen LogP contribution in [0.2, 0.25) is 0 Å². The molecule has 1 rings (SSSR count). The second-order valence-corrected chi connectivity index (χ2v) is 4.82. The number of amides is 1. The highest BCUT2D eigenvalue weighted by Crippen LogP contribution is 2.15. The zero-order chi connectivity index (χ0) is 11.5. The van der Waals surface area contributed by atoms with E-state index in [9.17, 15) is 4.79 Å². The Bertz CT molecular complexity index is 323. The lowest BCUT2D eigenvalue weighted by molar-refractivity contribution is 0.0879. The summed E-state index contributed by atoms with van der Waals surface area (Å²) >= 11 is 1.41. The third kappa shape index (κ3) is 2.76. The number of thiazole rings is 1.